The summed E-state index contributed by atoms with van der Waals surface area (Å²) in [5, 5.41) is 16.4. The van der Waals surface area contributed by atoms with Crippen LogP contribution in [0.25, 0.3) is 0 Å². The number of hydrogen-bond acceptors (Lipinski definition) is 5. The quantitative estimate of drug-likeness (QED) is 0.866. The van der Waals surface area contributed by atoms with Gasteiger partial charge in [0.15, 0.2) is 0 Å². The van der Waals surface area contributed by atoms with Crippen molar-refractivity contribution in [2.75, 3.05) is 18.0 Å². The second-order valence-corrected chi connectivity index (χ2v) is 6.71. The van der Waals surface area contributed by atoms with Gasteiger partial charge in [0.25, 0.3) is 5.91 Å². The molecule has 0 saturated carbocycles. The molecule has 3 rings (SSSR count). The fourth-order valence-corrected chi connectivity index (χ4v) is 3.19. The average molecular weight is 389 g/mol. The lowest BCUT2D eigenvalue weighted by molar-refractivity contribution is 0.0933. The van der Waals surface area contributed by atoms with Crippen LogP contribution in [0, 0.1) is 11.3 Å². The number of halogens is 1. The molecule has 0 spiro atoms. The number of nitriles is 1. The van der Waals surface area contributed by atoms with Crippen LogP contribution >= 0.6 is 15.9 Å². The number of pyridine rings is 1. The van der Waals surface area contributed by atoms with Crippen LogP contribution in [0.15, 0.2) is 29.1 Å². The zero-order chi connectivity index (χ0) is 17.1. The summed E-state index contributed by atoms with van der Waals surface area (Å²) in [4.78, 5) is 18.7. The number of rotatable bonds is 3. The first kappa shape index (κ1) is 16.5. The van der Waals surface area contributed by atoms with E-state index in [-0.39, 0.29) is 11.9 Å². The summed E-state index contributed by atoms with van der Waals surface area (Å²) in [7, 11) is 1.78. The van der Waals surface area contributed by atoms with Crippen molar-refractivity contribution in [1.82, 2.24) is 20.1 Å². The van der Waals surface area contributed by atoms with Gasteiger partial charge >= 0.3 is 0 Å². The number of piperidine rings is 1. The van der Waals surface area contributed by atoms with Crippen molar-refractivity contribution < 1.29 is 4.79 Å². The molecule has 1 fully saturated rings. The molecule has 1 aliphatic heterocycles. The van der Waals surface area contributed by atoms with Crippen LogP contribution in [-0.2, 0) is 7.05 Å². The minimum absolute atomic E-state index is 0.0171. The number of aryl methyl sites for hydroxylation is 1. The fraction of sp³-hybridized carbons (Fsp3) is 0.375. The van der Waals surface area contributed by atoms with Crippen LogP contribution in [-0.4, -0.2) is 39.8 Å². The SMILES string of the molecule is Cn1cc(C(=O)NC2CCCN(c3ncc(Br)cc3C#N)C2)cn1. The molecule has 0 radical (unpaired) electrons. The molecule has 1 saturated heterocycles. The molecule has 1 N–H and O–H groups in total. The van der Waals surface area contributed by atoms with Crippen LogP contribution < -0.4 is 10.2 Å². The van der Waals surface area contributed by atoms with Gasteiger partial charge < -0.3 is 10.2 Å². The topological polar surface area (TPSA) is 86.8 Å². The molecule has 3 heterocycles. The van der Waals surface area contributed by atoms with Gasteiger partial charge in [-0.2, -0.15) is 10.4 Å². The van der Waals surface area contributed by atoms with E-state index in [1.807, 2.05) is 0 Å². The van der Waals surface area contributed by atoms with Gasteiger partial charge in [-0.25, -0.2) is 4.98 Å². The third-order valence-electron chi connectivity index (χ3n) is 3.98. The second kappa shape index (κ2) is 7.01. The zero-order valence-corrected chi connectivity index (χ0v) is 14.8. The lowest BCUT2D eigenvalue weighted by atomic mass is 10.0. The molecule has 24 heavy (non-hydrogen) atoms. The Labute approximate surface area is 148 Å². The summed E-state index contributed by atoms with van der Waals surface area (Å²) in [5.41, 5.74) is 1.08. The van der Waals surface area contributed by atoms with Crippen LogP contribution in [0.2, 0.25) is 0 Å². The molecular formula is C16H17BrN6O. The number of carbonyl (C=O) groups excluding carboxylic acids is 1. The number of anilines is 1. The van der Waals surface area contributed by atoms with Crippen molar-refractivity contribution in [2.45, 2.75) is 18.9 Å². The number of carbonyl (C=O) groups is 1. The fourth-order valence-electron chi connectivity index (χ4n) is 2.86. The number of nitrogens with zero attached hydrogens (tertiary/aromatic N) is 5. The van der Waals surface area contributed by atoms with Crippen molar-refractivity contribution >= 4 is 27.7 Å². The molecule has 0 bridgehead atoms. The Morgan fingerprint density at radius 3 is 3.04 bits per heavy atom. The van der Waals surface area contributed by atoms with Gasteiger partial charge in [-0.3, -0.25) is 9.48 Å². The second-order valence-electron chi connectivity index (χ2n) is 5.80. The van der Waals surface area contributed by atoms with Gasteiger partial charge in [0.2, 0.25) is 0 Å². The molecule has 1 atom stereocenters. The highest BCUT2D eigenvalue weighted by Crippen LogP contribution is 2.24. The maximum atomic E-state index is 12.3. The van der Waals surface area contributed by atoms with E-state index >= 15 is 0 Å². The van der Waals surface area contributed by atoms with Crippen molar-refractivity contribution in [3.63, 3.8) is 0 Å². The van der Waals surface area contributed by atoms with Gasteiger partial charge in [-0.15, -0.1) is 0 Å². The molecule has 124 valence electrons. The van der Waals surface area contributed by atoms with E-state index in [1.165, 1.54) is 0 Å². The van der Waals surface area contributed by atoms with Crippen molar-refractivity contribution in [3.05, 3.63) is 40.3 Å². The summed E-state index contributed by atoms with van der Waals surface area (Å²) in [5.74, 6) is 0.542. The summed E-state index contributed by atoms with van der Waals surface area (Å²) in [6, 6.07) is 3.97. The summed E-state index contributed by atoms with van der Waals surface area (Å²) in [6.07, 6.45) is 6.77. The van der Waals surface area contributed by atoms with E-state index in [2.05, 4.69) is 42.3 Å². The molecule has 2 aromatic rings. The van der Waals surface area contributed by atoms with Crippen LogP contribution in [0.1, 0.15) is 28.8 Å². The third kappa shape index (κ3) is 3.57. The van der Waals surface area contributed by atoms with Gasteiger partial charge in [0.05, 0.1) is 17.3 Å². The third-order valence-corrected chi connectivity index (χ3v) is 4.41. The number of amides is 1. The van der Waals surface area contributed by atoms with Crippen molar-refractivity contribution in [2.24, 2.45) is 7.05 Å². The predicted molar refractivity (Wildman–Crippen MR) is 92.6 cm³/mol. The zero-order valence-electron chi connectivity index (χ0n) is 13.2. The van der Waals surface area contributed by atoms with E-state index < -0.39 is 0 Å². The molecule has 1 amide bonds. The normalized spacial score (nSPS) is 17.4. The highest BCUT2D eigenvalue weighted by Gasteiger charge is 2.24. The van der Waals surface area contributed by atoms with Gasteiger partial charge in [-0.1, -0.05) is 0 Å². The molecular weight excluding hydrogens is 372 g/mol. The first-order valence-corrected chi connectivity index (χ1v) is 8.46. The Hall–Kier alpha value is -2.40. The van der Waals surface area contributed by atoms with Crippen LogP contribution in [0.3, 0.4) is 0 Å². The smallest absolute Gasteiger partial charge is 0.254 e. The minimum Gasteiger partial charge on any atom is -0.353 e. The van der Waals surface area contributed by atoms with Gasteiger partial charge in [-0.05, 0) is 34.8 Å². The largest absolute Gasteiger partial charge is 0.353 e. The summed E-state index contributed by atoms with van der Waals surface area (Å²) < 4.78 is 2.38. The standard InChI is InChI=1S/C16H17BrN6O/c1-22-9-12(7-20-22)16(24)21-14-3-2-4-23(10-14)15-11(6-18)5-13(17)8-19-15/h5,7-9,14H,2-4,10H2,1H3,(H,21,24). The van der Waals surface area contributed by atoms with E-state index in [9.17, 15) is 10.1 Å². The van der Waals surface area contributed by atoms with Crippen LogP contribution in [0.5, 0.6) is 0 Å². The monoisotopic (exact) mass is 388 g/mol. The molecule has 1 unspecified atom stereocenters. The van der Waals surface area contributed by atoms with E-state index in [1.54, 1.807) is 36.4 Å². The maximum Gasteiger partial charge on any atom is 0.254 e. The highest BCUT2D eigenvalue weighted by molar-refractivity contribution is 9.10. The molecule has 7 nitrogen and oxygen atoms in total. The molecule has 2 aromatic heterocycles. The molecule has 1 aliphatic rings. The molecule has 0 aliphatic carbocycles. The first-order valence-electron chi connectivity index (χ1n) is 7.67. The minimum atomic E-state index is -0.126. The Balaban J connectivity index is 1.71. The molecule has 8 heteroatoms. The van der Waals surface area contributed by atoms with Gasteiger partial charge in [0.1, 0.15) is 11.9 Å². The average Bonchev–Trinajstić information content (AvgIpc) is 3.01. The first-order chi connectivity index (χ1) is 11.6. The van der Waals surface area contributed by atoms with Crippen molar-refractivity contribution in [1.29, 1.82) is 5.26 Å². The van der Waals surface area contributed by atoms with E-state index in [4.69, 9.17) is 0 Å². The maximum absolute atomic E-state index is 12.3. The molecule has 0 aromatic carbocycles. The highest BCUT2D eigenvalue weighted by atomic mass is 79.9. The Morgan fingerprint density at radius 1 is 1.50 bits per heavy atom. The summed E-state index contributed by atoms with van der Waals surface area (Å²) in [6.45, 7) is 1.46. The number of aromatic nitrogens is 3. The number of hydrogen-bond donors (Lipinski definition) is 1. The van der Waals surface area contributed by atoms with E-state index in [0.717, 1.165) is 23.9 Å². The Morgan fingerprint density at radius 2 is 2.33 bits per heavy atom. The van der Waals surface area contributed by atoms with Crippen molar-refractivity contribution in [3.8, 4) is 6.07 Å². The predicted octanol–water partition coefficient (Wildman–Crippen LogP) is 1.85. The number of nitrogens with one attached hydrogen (secondary N) is 1. The van der Waals surface area contributed by atoms with Gasteiger partial charge in [0, 0.05) is 43.0 Å². The van der Waals surface area contributed by atoms with E-state index in [0.29, 0.717) is 23.5 Å². The lowest BCUT2D eigenvalue weighted by Gasteiger charge is -2.34. The van der Waals surface area contributed by atoms with Crippen LogP contribution in [0.4, 0.5) is 5.82 Å². The Bertz CT molecular complexity index is 796. The lowest BCUT2D eigenvalue weighted by Crippen LogP contribution is -2.48. The Kier molecular flexibility index (Phi) is 4.81. The summed E-state index contributed by atoms with van der Waals surface area (Å²) >= 11 is 3.34.